The highest BCUT2D eigenvalue weighted by Crippen LogP contribution is 2.31. The summed E-state index contributed by atoms with van der Waals surface area (Å²) < 4.78 is 16.8. The summed E-state index contributed by atoms with van der Waals surface area (Å²) in [5.74, 6) is 0.621. The molecule has 164 valence electrons. The number of aliphatic hydroxyl groups is 4. The van der Waals surface area contributed by atoms with E-state index in [1.807, 2.05) is 24.3 Å². The summed E-state index contributed by atoms with van der Waals surface area (Å²) in [6, 6.07) is 0. The van der Waals surface area contributed by atoms with E-state index in [1.165, 1.54) is 0 Å². The van der Waals surface area contributed by atoms with E-state index in [0.717, 1.165) is 30.6 Å². The Balaban J connectivity index is 1.40. The van der Waals surface area contributed by atoms with Gasteiger partial charge in [0, 0.05) is 11.8 Å². The Hall–Kier alpha value is -1.22. The van der Waals surface area contributed by atoms with Gasteiger partial charge < -0.3 is 34.6 Å². The van der Waals surface area contributed by atoms with Gasteiger partial charge in [0.05, 0.1) is 19.3 Å². The van der Waals surface area contributed by atoms with E-state index >= 15 is 0 Å². The van der Waals surface area contributed by atoms with Crippen LogP contribution in [-0.4, -0.2) is 58.6 Å². The molecule has 0 amide bonds. The molecule has 0 spiro atoms. The van der Waals surface area contributed by atoms with Gasteiger partial charge in [0.25, 0.3) is 0 Å². The zero-order valence-electron chi connectivity index (χ0n) is 17.0. The Morgan fingerprint density at radius 1 is 0.897 bits per heavy atom. The molecule has 3 aliphatic rings. The van der Waals surface area contributed by atoms with Gasteiger partial charge in [0.1, 0.15) is 5.76 Å². The Morgan fingerprint density at radius 3 is 2.21 bits per heavy atom. The zero-order chi connectivity index (χ0) is 20.8. The fraction of sp³-hybridized carbons (Fsp3) is 0.727. The van der Waals surface area contributed by atoms with E-state index < -0.39 is 18.9 Å². The largest absolute Gasteiger partial charge is 0.497 e. The number of methoxy groups -OCH3 is 1. The van der Waals surface area contributed by atoms with E-state index in [9.17, 15) is 20.4 Å². The van der Waals surface area contributed by atoms with Crippen LogP contribution >= 0.6 is 0 Å². The maximum Gasteiger partial charge on any atom is 0.177 e. The first-order valence-electron chi connectivity index (χ1n) is 10.6. The lowest BCUT2D eigenvalue weighted by Gasteiger charge is -2.33. The molecule has 0 aliphatic heterocycles. The van der Waals surface area contributed by atoms with Gasteiger partial charge in [-0.2, -0.15) is 0 Å². The summed E-state index contributed by atoms with van der Waals surface area (Å²) in [4.78, 5) is 0. The predicted molar refractivity (Wildman–Crippen MR) is 106 cm³/mol. The van der Waals surface area contributed by atoms with Crippen molar-refractivity contribution in [3.8, 4) is 0 Å². The second-order valence-corrected chi connectivity index (χ2v) is 8.21. The molecule has 3 aliphatic carbocycles. The van der Waals surface area contributed by atoms with E-state index in [0.29, 0.717) is 32.1 Å². The Labute approximate surface area is 172 Å². The number of ether oxygens (including phenoxy) is 3. The van der Waals surface area contributed by atoms with E-state index in [2.05, 4.69) is 0 Å². The summed E-state index contributed by atoms with van der Waals surface area (Å²) in [5, 5.41) is 39.3. The lowest BCUT2D eigenvalue weighted by atomic mass is 9.87. The lowest BCUT2D eigenvalue weighted by molar-refractivity contribution is -0.161. The third kappa shape index (κ3) is 6.38. The molecule has 0 aromatic rings. The third-order valence-electron chi connectivity index (χ3n) is 6.21. The molecule has 7 nitrogen and oxygen atoms in total. The molecular weight excluding hydrogens is 376 g/mol. The summed E-state index contributed by atoms with van der Waals surface area (Å²) in [5.41, 5.74) is 0.855. The van der Waals surface area contributed by atoms with Crippen molar-refractivity contribution in [2.45, 2.75) is 82.4 Å². The van der Waals surface area contributed by atoms with Crippen LogP contribution in [0.1, 0.15) is 51.4 Å². The van der Waals surface area contributed by atoms with Crippen LogP contribution in [-0.2, 0) is 14.2 Å². The molecule has 0 bridgehead atoms. The molecule has 1 saturated carbocycles. The minimum absolute atomic E-state index is 0.0557. The summed E-state index contributed by atoms with van der Waals surface area (Å²) in [6.07, 6.45) is 9.99. The number of aliphatic hydroxyl groups excluding tert-OH is 3. The highest BCUT2D eigenvalue weighted by molar-refractivity contribution is 5.18. The van der Waals surface area contributed by atoms with Crippen LogP contribution in [0, 0.1) is 11.8 Å². The summed E-state index contributed by atoms with van der Waals surface area (Å²) in [7, 11) is 1.62. The molecule has 0 heterocycles. The van der Waals surface area contributed by atoms with Crippen LogP contribution in [0.3, 0.4) is 0 Å². The van der Waals surface area contributed by atoms with Crippen molar-refractivity contribution in [3.63, 3.8) is 0 Å². The molecule has 0 aromatic carbocycles. The van der Waals surface area contributed by atoms with Gasteiger partial charge in [-0.3, -0.25) is 0 Å². The fourth-order valence-corrected chi connectivity index (χ4v) is 4.25. The second kappa shape index (κ2) is 10.7. The molecule has 0 aromatic heterocycles. The SMILES string of the molecule is COC1=CCC(C(O)OC2CC=C(C(O)OC3CCC(C(O)O)CC3)CC2)C=C1. The molecule has 4 atom stereocenters. The van der Waals surface area contributed by atoms with Crippen molar-refractivity contribution in [1.82, 2.24) is 0 Å². The van der Waals surface area contributed by atoms with Crippen molar-refractivity contribution in [3.05, 3.63) is 35.6 Å². The maximum atomic E-state index is 10.4. The minimum Gasteiger partial charge on any atom is -0.497 e. The van der Waals surface area contributed by atoms with Crippen molar-refractivity contribution in [2.24, 2.45) is 11.8 Å². The van der Waals surface area contributed by atoms with Crippen LogP contribution in [0.2, 0.25) is 0 Å². The average molecular weight is 411 g/mol. The van der Waals surface area contributed by atoms with Gasteiger partial charge in [-0.1, -0.05) is 12.2 Å². The molecule has 1 fully saturated rings. The topological polar surface area (TPSA) is 109 Å². The van der Waals surface area contributed by atoms with Crippen LogP contribution in [0.25, 0.3) is 0 Å². The maximum absolute atomic E-state index is 10.4. The standard InChI is InChI=1S/C22H34O7/c1-27-17-8-4-15(5-9-17)21(25)29-19-12-6-16(7-13-19)22(26)28-18-10-2-14(3-11-18)20(23)24/h4,6,8-9,14-15,18-26H,2-3,5,7,10-13H2,1H3. The summed E-state index contributed by atoms with van der Waals surface area (Å²) >= 11 is 0. The van der Waals surface area contributed by atoms with Gasteiger partial charge in [0.15, 0.2) is 18.9 Å². The number of hydrogen-bond donors (Lipinski definition) is 4. The van der Waals surface area contributed by atoms with Crippen molar-refractivity contribution >= 4 is 0 Å². The van der Waals surface area contributed by atoms with Gasteiger partial charge in [-0.25, -0.2) is 0 Å². The highest BCUT2D eigenvalue weighted by Gasteiger charge is 2.29. The van der Waals surface area contributed by atoms with Crippen molar-refractivity contribution in [1.29, 1.82) is 0 Å². The van der Waals surface area contributed by atoms with Gasteiger partial charge in [-0.05, 0) is 69.1 Å². The number of rotatable bonds is 8. The first-order chi connectivity index (χ1) is 14.0. The smallest absolute Gasteiger partial charge is 0.177 e. The van der Waals surface area contributed by atoms with Crippen LogP contribution < -0.4 is 0 Å². The Kier molecular flexibility index (Phi) is 8.29. The van der Waals surface area contributed by atoms with E-state index in [1.54, 1.807) is 7.11 Å². The molecule has 4 N–H and O–H groups in total. The Morgan fingerprint density at radius 2 is 1.66 bits per heavy atom. The minimum atomic E-state index is -1.27. The molecule has 7 heteroatoms. The second-order valence-electron chi connectivity index (χ2n) is 8.21. The quantitative estimate of drug-likeness (QED) is 0.358. The predicted octanol–water partition coefficient (Wildman–Crippen LogP) is 2.11. The third-order valence-corrected chi connectivity index (χ3v) is 6.21. The van der Waals surface area contributed by atoms with Gasteiger partial charge >= 0.3 is 0 Å². The van der Waals surface area contributed by atoms with Crippen LogP contribution in [0.4, 0.5) is 0 Å². The normalized spacial score (nSPS) is 32.5. The highest BCUT2D eigenvalue weighted by atomic mass is 16.6. The first-order valence-corrected chi connectivity index (χ1v) is 10.6. The summed E-state index contributed by atoms with van der Waals surface area (Å²) in [6.45, 7) is 0. The van der Waals surface area contributed by atoms with Gasteiger partial charge in [-0.15, -0.1) is 0 Å². The van der Waals surface area contributed by atoms with Crippen molar-refractivity contribution < 1.29 is 34.6 Å². The molecule has 0 saturated heterocycles. The van der Waals surface area contributed by atoms with Crippen LogP contribution in [0.5, 0.6) is 0 Å². The van der Waals surface area contributed by atoms with Crippen molar-refractivity contribution in [2.75, 3.05) is 7.11 Å². The van der Waals surface area contributed by atoms with Crippen LogP contribution in [0.15, 0.2) is 35.6 Å². The van der Waals surface area contributed by atoms with Gasteiger partial charge in [0.2, 0.25) is 0 Å². The fourth-order valence-electron chi connectivity index (χ4n) is 4.25. The van der Waals surface area contributed by atoms with E-state index in [-0.39, 0.29) is 24.0 Å². The lowest BCUT2D eigenvalue weighted by Crippen LogP contribution is -2.33. The van der Waals surface area contributed by atoms with E-state index in [4.69, 9.17) is 14.2 Å². The molecule has 3 rings (SSSR count). The molecule has 4 unspecified atom stereocenters. The molecular formula is C22H34O7. The zero-order valence-corrected chi connectivity index (χ0v) is 17.0. The average Bonchev–Trinajstić information content (AvgIpc) is 2.74. The monoisotopic (exact) mass is 410 g/mol. The number of hydrogen-bond acceptors (Lipinski definition) is 7. The number of allylic oxidation sites excluding steroid dienone is 2. The molecule has 29 heavy (non-hydrogen) atoms. The first kappa shape index (κ1) is 22.5. The Bertz CT molecular complexity index is 604. The molecule has 0 radical (unpaired) electrons.